The Morgan fingerprint density at radius 2 is 2.33 bits per heavy atom. The number of amides is 2. The number of piperidine rings is 1. The molecule has 1 aliphatic heterocycles. The Kier molecular flexibility index (Phi) is 4.20. The van der Waals surface area contributed by atoms with Crippen molar-refractivity contribution in [1.29, 1.82) is 0 Å². The molecular weight excluding hydrogens is 228 g/mol. The van der Waals surface area contributed by atoms with Crippen LogP contribution in [0.2, 0.25) is 0 Å². The predicted octanol–water partition coefficient (Wildman–Crippen LogP) is 2.37. The maximum absolute atomic E-state index is 12.2. The topological polar surface area (TPSA) is 52.6 Å². The van der Waals surface area contributed by atoms with Gasteiger partial charge in [0.2, 0.25) is 0 Å². The van der Waals surface area contributed by atoms with Crippen molar-refractivity contribution in [2.75, 3.05) is 18.5 Å². The number of carbonyl (C=O) groups excluding carboxylic acids is 1. The molecule has 0 spiro atoms. The molecule has 4 heteroatoms. The summed E-state index contributed by atoms with van der Waals surface area (Å²) in [6, 6.07) is 7.58. The molecule has 1 saturated heterocycles. The number of aryl methyl sites for hydroxylation is 1. The van der Waals surface area contributed by atoms with Crippen molar-refractivity contribution in [3.63, 3.8) is 0 Å². The second-order valence-electron chi connectivity index (χ2n) is 4.83. The van der Waals surface area contributed by atoms with Crippen LogP contribution >= 0.6 is 0 Å². The van der Waals surface area contributed by atoms with E-state index in [-0.39, 0.29) is 18.7 Å². The molecule has 2 amide bonds. The minimum atomic E-state index is -0.112. The summed E-state index contributed by atoms with van der Waals surface area (Å²) in [5, 5.41) is 12.2. The quantitative estimate of drug-likeness (QED) is 0.844. The molecule has 18 heavy (non-hydrogen) atoms. The van der Waals surface area contributed by atoms with Crippen molar-refractivity contribution in [2.24, 2.45) is 0 Å². The van der Waals surface area contributed by atoms with Crippen LogP contribution in [0.5, 0.6) is 0 Å². The summed E-state index contributed by atoms with van der Waals surface area (Å²) in [5.74, 6) is 0. The van der Waals surface area contributed by atoms with Gasteiger partial charge in [-0.05, 0) is 43.9 Å². The first-order chi connectivity index (χ1) is 8.70. The Labute approximate surface area is 108 Å². The first-order valence-corrected chi connectivity index (χ1v) is 6.46. The number of rotatable bonds is 2. The molecule has 0 aromatic heterocycles. The molecule has 0 aliphatic carbocycles. The fourth-order valence-corrected chi connectivity index (χ4v) is 2.38. The Hall–Kier alpha value is -1.55. The smallest absolute Gasteiger partial charge is 0.322 e. The van der Waals surface area contributed by atoms with Crippen LogP contribution in [0, 0.1) is 6.92 Å². The third kappa shape index (κ3) is 3.01. The number of likely N-dealkylation sites (tertiary alicyclic amines) is 1. The van der Waals surface area contributed by atoms with Crippen molar-refractivity contribution in [3.05, 3.63) is 29.8 Å². The Morgan fingerprint density at radius 1 is 1.50 bits per heavy atom. The summed E-state index contributed by atoms with van der Waals surface area (Å²) in [6.07, 6.45) is 2.98. The van der Waals surface area contributed by atoms with E-state index in [4.69, 9.17) is 0 Å². The van der Waals surface area contributed by atoms with Gasteiger partial charge < -0.3 is 15.3 Å². The summed E-state index contributed by atoms with van der Waals surface area (Å²) < 4.78 is 0. The lowest BCUT2D eigenvalue weighted by molar-refractivity contribution is 0.115. The number of hydrogen-bond acceptors (Lipinski definition) is 2. The van der Waals surface area contributed by atoms with E-state index in [0.717, 1.165) is 37.1 Å². The second-order valence-corrected chi connectivity index (χ2v) is 4.83. The number of carbonyl (C=O) groups is 1. The van der Waals surface area contributed by atoms with E-state index in [1.165, 1.54) is 0 Å². The van der Waals surface area contributed by atoms with E-state index in [1.54, 1.807) is 4.90 Å². The zero-order valence-electron chi connectivity index (χ0n) is 10.7. The molecule has 1 aromatic rings. The molecule has 1 unspecified atom stereocenters. The fourth-order valence-electron chi connectivity index (χ4n) is 2.38. The molecule has 2 N–H and O–H groups in total. The third-order valence-electron chi connectivity index (χ3n) is 3.37. The third-order valence-corrected chi connectivity index (χ3v) is 3.37. The van der Waals surface area contributed by atoms with Gasteiger partial charge in [0.15, 0.2) is 0 Å². The summed E-state index contributed by atoms with van der Waals surface area (Å²) in [7, 11) is 0. The van der Waals surface area contributed by atoms with Crippen LogP contribution in [0.3, 0.4) is 0 Å². The molecule has 2 rings (SSSR count). The average Bonchev–Trinajstić information content (AvgIpc) is 2.38. The SMILES string of the molecule is Cc1cccc(NC(=O)N2CCCCC2CO)c1. The molecule has 1 aromatic carbocycles. The zero-order chi connectivity index (χ0) is 13.0. The molecule has 0 radical (unpaired) electrons. The number of nitrogens with zero attached hydrogens (tertiary/aromatic N) is 1. The van der Waals surface area contributed by atoms with E-state index < -0.39 is 0 Å². The van der Waals surface area contributed by atoms with E-state index in [2.05, 4.69) is 5.32 Å². The minimum Gasteiger partial charge on any atom is -0.394 e. The number of nitrogens with one attached hydrogen (secondary N) is 1. The molecule has 0 bridgehead atoms. The number of aliphatic hydroxyl groups is 1. The molecule has 98 valence electrons. The van der Waals surface area contributed by atoms with Crippen LogP contribution in [0.1, 0.15) is 24.8 Å². The van der Waals surface area contributed by atoms with E-state index in [0.29, 0.717) is 0 Å². The standard InChI is InChI=1S/C14H20N2O2/c1-11-5-4-6-12(9-11)15-14(18)16-8-3-2-7-13(16)10-17/h4-6,9,13,17H,2-3,7-8,10H2,1H3,(H,15,18). The van der Waals surface area contributed by atoms with Gasteiger partial charge in [0, 0.05) is 12.2 Å². The second kappa shape index (κ2) is 5.87. The highest BCUT2D eigenvalue weighted by molar-refractivity contribution is 5.89. The Morgan fingerprint density at radius 3 is 3.06 bits per heavy atom. The fraction of sp³-hybridized carbons (Fsp3) is 0.500. The van der Waals surface area contributed by atoms with Gasteiger partial charge in [0.05, 0.1) is 12.6 Å². The lowest BCUT2D eigenvalue weighted by atomic mass is 10.0. The number of benzene rings is 1. The van der Waals surface area contributed by atoms with Crippen molar-refractivity contribution in [2.45, 2.75) is 32.2 Å². The average molecular weight is 248 g/mol. The lowest BCUT2D eigenvalue weighted by Gasteiger charge is -2.34. The van der Waals surface area contributed by atoms with Gasteiger partial charge in [-0.25, -0.2) is 4.79 Å². The summed E-state index contributed by atoms with van der Waals surface area (Å²) >= 11 is 0. The molecule has 1 aliphatic rings. The molecule has 1 atom stereocenters. The maximum Gasteiger partial charge on any atom is 0.322 e. The monoisotopic (exact) mass is 248 g/mol. The molecule has 4 nitrogen and oxygen atoms in total. The van der Waals surface area contributed by atoms with Crippen LogP contribution in [0.4, 0.5) is 10.5 Å². The number of anilines is 1. The molecule has 0 saturated carbocycles. The molecular formula is C14H20N2O2. The Balaban J connectivity index is 2.02. The maximum atomic E-state index is 12.2. The predicted molar refractivity (Wildman–Crippen MR) is 71.6 cm³/mol. The summed E-state index contributed by atoms with van der Waals surface area (Å²) in [5.41, 5.74) is 1.92. The van der Waals surface area contributed by atoms with Crippen LogP contribution < -0.4 is 5.32 Å². The van der Waals surface area contributed by atoms with Gasteiger partial charge in [-0.3, -0.25) is 0 Å². The molecule has 1 fully saturated rings. The van der Waals surface area contributed by atoms with Crippen molar-refractivity contribution in [1.82, 2.24) is 4.90 Å². The van der Waals surface area contributed by atoms with Gasteiger partial charge in [-0.1, -0.05) is 12.1 Å². The highest BCUT2D eigenvalue weighted by atomic mass is 16.3. The van der Waals surface area contributed by atoms with Crippen LogP contribution in [-0.4, -0.2) is 35.2 Å². The van der Waals surface area contributed by atoms with Gasteiger partial charge in [-0.2, -0.15) is 0 Å². The van der Waals surface area contributed by atoms with Crippen LogP contribution in [-0.2, 0) is 0 Å². The van der Waals surface area contributed by atoms with Gasteiger partial charge in [0.1, 0.15) is 0 Å². The van der Waals surface area contributed by atoms with Gasteiger partial charge >= 0.3 is 6.03 Å². The minimum absolute atomic E-state index is 0.0384. The highest BCUT2D eigenvalue weighted by Gasteiger charge is 2.25. The van der Waals surface area contributed by atoms with Crippen molar-refractivity contribution < 1.29 is 9.90 Å². The van der Waals surface area contributed by atoms with Crippen LogP contribution in [0.25, 0.3) is 0 Å². The first kappa shape index (κ1) is 12.9. The van der Waals surface area contributed by atoms with Crippen molar-refractivity contribution in [3.8, 4) is 0 Å². The number of aliphatic hydroxyl groups excluding tert-OH is 1. The number of urea groups is 1. The summed E-state index contributed by atoms with van der Waals surface area (Å²) in [6.45, 7) is 2.76. The zero-order valence-corrected chi connectivity index (χ0v) is 10.7. The number of hydrogen-bond donors (Lipinski definition) is 2. The van der Waals surface area contributed by atoms with Gasteiger partial charge in [0.25, 0.3) is 0 Å². The molecule has 1 heterocycles. The first-order valence-electron chi connectivity index (χ1n) is 6.46. The van der Waals surface area contributed by atoms with E-state index in [9.17, 15) is 9.90 Å². The van der Waals surface area contributed by atoms with Crippen LogP contribution in [0.15, 0.2) is 24.3 Å². The van der Waals surface area contributed by atoms with E-state index >= 15 is 0 Å². The van der Waals surface area contributed by atoms with Gasteiger partial charge in [-0.15, -0.1) is 0 Å². The lowest BCUT2D eigenvalue weighted by Crippen LogP contribution is -2.47. The Bertz CT molecular complexity index is 420. The summed E-state index contributed by atoms with van der Waals surface area (Å²) in [4.78, 5) is 13.9. The highest BCUT2D eigenvalue weighted by Crippen LogP contribution is 2.18. The van der Waals surface area contributed by atoms with Crippen molar-refractivity contribution >= 4 is 11.7 Å². The largest absolute Gasteiger partial charge is 0.394 e. The van der Waals surface area contributed by atoms with E-state index in [1.807, 2.05) is 31.2 Å². The normalized spacial score (nSPS) is 19.7.